The van der Waals surface area contributed by atoms with Crippen molar-refractivity contribution in [2.45, 2.75) is 26.2 Å². The molecule has 0 spiro atoms. The first-order chi connectivity index (χ1) is 11.0. The highest BCUT2D eigenvalue weighted by atomic mass is 32.2. The van der Waals surface area contributed by atoms with Crippen molar-refractivity contribution in [2.75, 3.05) is 26.2 Å². The molecule has 1 saturated heterocycles. The molecule has 0 saturated carbocycles. The molecule has 0 bridgehead atoms. The normalized spacial score (nSPS) is 19.4. The number of nitrogens with one attached hydrogen (secondary N) is 2. The number of piperidine rings is 1. The van der Waals surface area contributed by atoms with Gasteiger partial charge in [0.15, 0.2) is 0 Å². The van der Waals surface area contributed by atoms with Gasteiger partial charge in [0.1, 0.15) is 0 Å². The van der Waals surface area contributed by atoms with Crippen LogP contribution in [0.2, 0.25) is 0 Å². The number of hydrogen-bond donors (Lipinski definition) is 2. The average molecular weight is 339 g/mol. The summed E-state index contributed by atoms with van der Waals surface area (Å²) in [6, 6.07) is 9.83. The number of amides is 1. The summed E-state index contributed by atoms with van der Waals surface area (Å²) >= 11 is 0. The second-order valence-corrected chi connectivity index (χ2v) is 7.77. The Morgan fingerprint density at radius 3 is 2.74 bits per heavy atom. The molecule has 1 aliphatic heterocycles. The van der Waals surface area contributed by atoms with Crippen molar-refractivity contribution in [1.82, 2.24) is 14.3 Å². The van der Waals surface area contributed by atoms with Gasteiger partial charge in [0.25, 0.3) is 10.2 Å². The van der Waals surface area contributed by atoms with Gasteiger partial charge in [-0.3, -0.25) is 4.79 Å². The van der Waals surface area contributed by atoms with Crippen LogP contribution in [-0.2, 0) is 21.4 Å². The highest BCUT2D eigenvalue weighted by Crippen LogP contribution is 2.17. The van der Waals surface area contributed by atoms with E-state index >= 15 is 0 Å². The SMILES string of the molecule is C[C@H]1CCCN(S(=O)(=O)NCC(=O)NCCc2ccccc2)C1. The Labute approximate surface area is 138 Å². The van der Waals surface area contributed by atoms with E-state index in [1.54, 1.807) is 0 Å². The van der Waals surface area contributed by atoms with Crippen molar-refractivity contribution >= 4 is 16.1 Å². The lowest BCUT2D eigenvalue weighted by Crippen LogP contribution is -2.48. The Hall–Kier alpha value is -1.44. The molecule has 0 aliphatic carbocycles. The third-order valence-corrected chi connectivity index (χ3v) is 5.47. The number of carbonyl (C=O) groups excluding carboxylic acids is 1. The Bertz CT molecular complexity index is 604. The number of nitrogens with zero attached hydrogens (tertiary/aromatic N) is 1. The molecule has 2 N–H and O–H groups in total. The zero-order valence-electron chi connectivity index (χ0n) is 13.5. The van der Waals surface area contributed by atoms with Gasteiger partial charge in [-0.2, -0.15) is 17.4 Å². The summed E-state index contributed by atoms with van der Waals surface area (Å²) in [4.78, 5) is 11.8. The fourth-order valence-corrected chi connectivity index (χ4v) is 3.98. The van der Waals surface area contributed by atoms with Crippen LogP contribution in [0, 0.1) is 5.92 Å². The topological polar surface area (TPSA) is 78.5 Å². The average Bonchev–Trinajstić information content (AvgIpc) is 2.54. The Morgan fingerprint density at radius 1 is 1.30 bits per heavy atom. The van der Waals surface area contributed by atoms with Crippen molar-refractivity contribution in [1.29, 1.82) is 0 Å². The highest BCUT2D eigenvalue weighted by molar-refractivity contribution is 7.87. The summed E-state index contributed by atoms with van der Waals surface area (Å²) < 4.78 is 28.1. The van der Waals surface area contributed by atoms with Crippen molar-refractivity contribution < 1.29 is 13.2 Å². The summed E-state index contributed by atoms with van der Waals surface area (Å²) in [7, 11) is -3.57. The molecule has 1 atom stereocenters. The van der Waals surface area contributed by atoms with Gasteiger partial charge in [0.05, 0.1) is 6.54 Å². The van der Waals surface area contributed by atoms with Crippen LogP contribution in [-0.4, -0.2) is 44.8 Å². The summed E-state index contributed by atoms with van der Waals surface area (Å²) in [5, 5.41) is 2.73. The molecule has 1 amide bonds. The van der Waals surface area contributed by atoms with E-state index in [2.05, 4.69) is 10.0 Å². The van der Waals surface area contributed by atoms with Crippen LogP contribution in [0.3, 0.4) is 0 Å². The first-order valence-electron chi connectivity index (χ1n) is 8.03. The van der Waals surface area contributed by atoms with E-state index in [-0.39, 0.29) is 12.5 Å². The molecule has 0 radical (unpaired) electrons. The molecular weight excluding hydrogens is 314 g/mol. The Morgan fingerprint density at radius 2 is 2.04 bits per heavy atom. The highest BCUT2D eigenvalue weighted by Gasteiger charge is 2.27. The van der Waals surface area contributed by atoms with Crippen LogP contribution >= 0.6 is 0 Å². The lowest BCUT2D eigenvalue weighted by molar-refractivity contribution is -0.119. The first-order valence-corrected chi connectivity index (χ1v) is 9.47. The molecule has 7 heteroatoms. The number of rotatable bonds is 7. The van der Waals surface area contributed by atoms with Crippen LogP contribution in [0.4, 0.5) is 0 Å². The predicted molar refractivity (Wildman–Crippen MR) is 90.0 cm³/mol. The first kappa shape index (κ1) is 17.9. The maximum absolute atomic E-state index is 12.2. The maximum atomic E-state index is 12.2. The zero-order valence-corrected chi connectivity index (χ0v) is 14.3. The van der Waals surface area contributed by atoms with Crippen LogP contribution in [0.5, 0.6) is 0 Å². The second kappa shape index (κ2) is 8.42. The van der Waals surface area contributed by atoms with Gasteiger partial charge in [-0.25, -0.2) is 0 Å². The molecule has 6 nitrogen and oxygen atoms in total. The summed E-state index contributed by atoms with van der Waals surface area (Å²) in [5.41, 5.74) is 1.13. The maximum Gasteiger partial charge on any atom is 0.279 e. The molecule has 0 unspecified atom stereocenters. The minimum Gasteiger partial charge on any atom is -0.355 e. The van der Waals surface area contributed by atoms with Gasteiger partial charge >= 0.3 is 0 Å². The van der Waals surface area contributed by atoms with Crippen molar-refractivity contribution in [3.8, 4) is 0 Å². The third-order valence-electron chi connectivity index (χ3n) is 3.95. The van der Waals surface area contributed by atoms with E-state index in [1.807, 2.05) is 37.3 Å². The standard InChI is InChI=1S/C16H25N3O3S/c1-14-6-5-11-19(13-14)23(21,22)18-12-16(20)17-10-9-15-7-3-2-4-8-15/h2-4,7-8,14,18H,5-6,9-13H2,1H3,(H,17,20)/t14-/m0/s1. The van der Waals surface area contributed by atoms with Crippen LogP contribution < -0.4 is 10.0 Å². The molecule has 23 heavy (non-hydrogen) atoms. The molecule has 1 aromatic rings. The van der Waals surface area contributed by atoms with Gasteiger partial charge in [0, 0.05) is 19.6 Å². The Kier molecular flexibility index (Phi) is 6.56. The van der Waals surface area contributed by atoms with Gasteiger partial charge in [-0.1, -0.05) is 37.3 Å². The Balaban J connectivity index is 1.71. The molecule has 128 valence electrons. The summed E-state index contributed by atoms with van der Waals surface area (Å²) in [6.45, 7) is 3.35. The number of carbonyl (C=O) groups is 1. The largest absolute Gasteiger partial charge is 0.355 e. The lowest BCUT2D eigenvalue weighted by atomic mass is 10.0. The molecule has 1 fully saturated rings. The van der Waals surface area contributed by atoms with Crippen molar-refractivity contribution in [3.63, 3.8) is 0 Å². The van der Waals surface area contributed by atoms with E-state index in [1.165, 1.54) is 4.31 Å². The fourth-order valence-electron chi connectivity index (χ4n) is 2.67. The van der Waals surface area contributed by atoms with Crippen LogP contribution in [0.1, 0.15) is 25.3 Å². The molecule has 1 aliphatic rings. The number of benzene rings is 1. The minimum absolute atomic E-state index is 0.220. The zero-order chi connectivity index (χ0) is 16.7. The van der Waals surface area contributed by atoms with Gasteiger partial charge in [-0.15, -0.1) is 0 Å². The van der Waals surface area contributed by atoms with Crippen LogP contribution in [0.15, 0.2) is 30.3 Å². The number of hydrogen-bond acceptors (Lipinski definition) is 3. The summed E-state index contributed by atoms with van der Waals surface area (Å²) in [5.74, 6) is 0.0505. The van der Waals surface area contributed by atoms with Gasteiger partial charge in [-0.05, 0) is 30.7 Å². The fraction of sp³-hybridized carbons (Fsp3) is 0.562. The van der Waals surface area contributed by atoms with Gasteiger partial charge < -0.3 is 5.32 Å². The quantitative estimate of drug-likeness (QED) is 0.775. The lowest BCUT2D eigenvalue weighted by Gasteiger charge is -2.29. The second-order valence-electron chi connectivity index (χ2n) is 6.02. The molecule has 1 heterocycles. The molecule has 0 aromatic heterocycles. The van der Waals surface area contributed by atoms with E-state index in [0.717, 1.165) is 24.8 Å². The minimum atomic E-state index is -3.57. The van der Waals surface area contributed by atoms with Gasteiger partial charge in [0.2, 0.25) is 5.91 Å². The molecule has 2 rings (SSSR count). The smallest absolute Gasteiger partial charge is 0.279 e. The van der Waals surface area contributed by atoms with E-state index in [0.29, 0.717) is 25.6 Å². The van der Waals surface area contributed by atoms with Crippen molar-refractivity contribution in [3.05, 3.63) is 35.9 Å². The predicted octanol–water partition coefficient (Wildman–Crippen LogP) is 0.912. The van der Waals surface area contributed by atoms with Crippen molar-refractivity contribution in [2.24, 2.45) is 5.92 Å². The van der Waals surface area contributed by atoms with Crippen LogP contribution in [0.25, 0.3) is 0 Å². The van der Waals surface area contributed by atoms with E-state index < -0.39 is 10.2 Å². The third kappa shape index (κ3) is 5.93. The van der Waals surface area contributed by atoms with E-state index in [4.69, 9.17) is 0 Å². The summed E-state index contributed by atoms with van der Waals surface area (Å²) in [6.07, 6.45) is 2.64. The molecular formula is C16H25N3O3S. The monoisotopic (exact) mass is 339 g/mol. The molecule has 1 aromatic carbocycles. The van der Waals surface area contributed by atoms with E-state index in [9.17, 15) is 13.2 Å².